The lowest BCUT2D eigenvalue weighted by Gasteiger charge is -2.21. The molecule has 2 nitrogen and oxygen atoms in total. The maximum Gasteiger partial charge on any atom is 0.207 e. The van der Waals surface area contributed by atoms with E-state index in [1.54, 1.807) is 36.4 Å². The molecule has 1 atom stereocenters. The van der Waals surface area contributed by atoms with Crippen LogP contribution < -0.4 is 0 Å². The van der Waals surface area contributed by atoms with Gasteiger partial charge in [-0.25, -0.2) is 0 Å². The molecule has 0 aliphatic rings. The molecule has 0 saturated carbocycles. The Bertz CT molecular complexity index is 320. The van der Waals surface area contributed by atoms with E-state index in [-0.39, 0.29) is 0 Å². The van der Waals surface area contributed by atoms with Crippen molar-refractivity contribution in [2.45, 2.75) is 10.4 Å². The molecule has 1 aromatic carbocycles. The first kappa shape index (κ1) is 10.3. The molecular weight excluding hydrogens is 209 g/mol. The molecule has 0 radical (unpaired) electrons. The molecule has 13 heavy (non-hydrogen) atoms. The zero-order valence-electron chi connectivity index (χ0n) is 6.61. The van der Waals surface area contributed by atoms with E-state index in [9.17, 15) is 5.11 Å². The first-order chi connectivity index (χ1) is 6.11. The molecule has 0 unspecified atom stereocenters. The Balaban J connectivity index is 3.13. The van der Waals surface area contributed by atoms with Crippen molar-refractivity contribution < 1.29 is 5.11 Å². The van der Waals surface area contributed by atoms with Crippen LogP contribution in [0.15, 0.2) is 30.3 Å². The molecule has 4 heteroatoms. The number of hydrogen-bond donors (Lipinski definition) is 1. The molecule has 0 aromatic heterocycles. The van der Waals surface area contributed by atoms with Crippen molar-refractivity contribution in [3.63, 3.8) is 0 Å². The summed E-state index contributed by atoms with van der Waals surface area (Å²) in [5.74, 6) is 0. The summed E-state index contributed by atoms with van der Waals surface area (Å²) in [5.41, 5.74) is -1.43. The summed E-state index contributed by atoms with van der Waals surface area (Å²) in [7, 11) is 0. The van der Waals surface area contributed by atoms with E-state index in [1.807, 2.05) is 0 Å². The van der Waals surface area contributed by atoms with Crippen LogP contribution in [-0.2, 0) is 5.60 Å². The number of hydrogen-bond acceptors (Lipinski definition) is 2. The van der Waals surface area contributed by atoms with Crippen LogP contribution in [0.2, 0.25) is 0 Å². The van der Waals surface area contributed by atoms with E-state index in [2.05, 4.69) is 0 Å². The predicted octanol–water partition coefficient (Wildman–Crippen LogP) is 2.20. The lowest BCUT2D eigenvalue weighted by Crippen LogP contribution is -2.30. The van der Waals surface area contributed by atoms with Crippen molar-refractivity contribution >= 4 is 23.2 Å². The van der Waals surface area contributed by atoms with Gasteiger partial charge in [-0.1, -0.05) is 30.3 Å². The summed E-state index contributed by atoms with van der Waals surface area (Å²) < 4.78 is 0. The minimum atomic E-state index is -1.83. The molecule has 68 valence electrons. The largest absolute Gasteiger partial charge is 0.369 e. The monoisotopic (exact) mass is 215 g/mol. The lowest BCUT2D eigenvalue weighted by molar-refractivity contribution is 0.113. The summed E-state index contributed by atoms with van der Waals surface area (Å²) in [6, 6.07) is 10.1. The van der Waals surface area contributed by atoms with Gasteiger partial charge in [-0.3, -0.25) is 0 Å². The van der Waals surface area contributed by atoms with Crippen molar-refractivity contribution in [2.75, 3.05) is 0 Å². The molecule has 0 spiro atoms. The molecule has 0 aliphatic heterocycles. The molecular formula is C9H7Cl2NO. The second-order valence-electron chi connectivity index (χ2n) is 2.54. The first-order valence-corrected chi connectivity index (χ1v) is 4.46. The van der Waals surface area contributed by atoms with E-state index in [1.165, 1.54) is 0 Å². The maximum absolute atomic E-state index is 9.74. The Morgan fingerprint density at radius 1 is 1.31 bits per heavy atom. The number of nitrogens with zero attached hydrogens (tertiary/aromatic N) is 1. The van der Waals surface area contributed by atoms with Gasteiger partial charge < -0.3 is 5.11 Å². The van der Waals surface area contributed by atoms with Gasteiger partial charge in [0, 0.05) is 5.56 Å². The zero-order valence-corrected chi connectivity index (χ0v) is 8.13. The molecule has 1 aromatic rings. The number of halogens is 2. The van der Waals surface area contributed by atoms with Crippen LogP contribution in [-0.4, -0.2) is 9.94 Å². The van der Waals surface area contributed by atoms with Crippen molar-refractivity contribution in [2.24, 2.45) is 0 Å². The molecule has 0 bridgehead atoms. The zero-order chi connectivity index (χ0) is 9.90. The van der Waals surface area contributed by atoms with Crippen molar-refractivity contribution in [1.82, 2.24) is 0 Å². The third-order valence-electron chi connectivity index (χ3n) is 1.70. The van der Waals surface area contributed by atoms with Gasteiger partial charge in [0.2, 0.25) is 5.60 Å². The third-order valence-corrected chi connectivity index (χ3v) is 2.33. The van der Waals surface area contributed by atoms with Crippen LogP contribution in [0, 0.1) is 11.3 Å². The van der Waals surface area contributed by atoms with E-state index in [0.717, 1.165) is 0 Å². The molecule has 0 saturated heterocycles. The normalized spacial score (nSPS) is 15.0. The molecule has 0 fully saturated rings. The van der Waals surface area contributed by atoms with E-state index >= 15 is 0 Å². The number of benzene rings is 1. The second-order valence-corrected chi connectivity index (χ2v) is 3.64. The minimum Gasteiger partial charge on any atom is -0.369 e. The third kappa shape index (κ3) is 1.94. The Hall–Kier alpha value is -0.750. The highest BCUT2D eigenvalue weighted by atomic mass is 35.5. The van der Waals surface area contributed by atoms with Crippen molar-refractivity contribution in [3.8, 4) is 6.07 Å². The Kier molecular flexibility index (Phi) is 3.16. The summed E-state index contributed by atoms with van der Waals surface area (Å²) in [6.07, 6.45) is 0. The Morgan fingerprint density at radius 2 is 1.85 bits per heavy atom. The molecule has 1 rings (SSSR count). The molecule has 0 amide bonds. The van der Waals surface area contributed by atoms with E-state index < -0.39 is 10.4 Å². The highest BCUT2D eigenvalue weighted by Gasteiger charge is 2.36. The van der Waals surface area contributed by atoms with Crippen LogP contribution in [0.1, 0.15) is 5.56 Å². The van der Waals surface area contributed by atoms with Crippen molar-refractivity contribution in [1.29, 1.82) is 5.26 Å². The van der Waals surface area contributed by atoms with Crippen LogP contribution in [0.5, 0.6) is 0 Å². The van der Waals surface area contributed by atoms with Gasteiger partial charge in [0.15, 0.2) is 4.84 Å². The fourth-order valence-electron chi connectivity index (χ4n) is 0.932. The number of alkyl halides is 2. The topological polar surface area (TPSA) is 44.0 Å². The van der Waals surface area contributed by atoms with Gasteiger partial charge in [-0.2, -0.15) is 5.26 Å². The van der Waals surface area contributed by atoms with Crippen molar-refractivity contribution in [3.05, 3.63) is 35.9 Å². The summed E-state index contributed by atoms with van der Waals surface area (Å²) in [6.45, 7) is 0. The quantitative estimate of drug-likeness (QED) is 0.608. The Labute approximate surface area is 86.3 Å². The van der Waals surface area contributed by atoms with Crippen LogP contribution >= 0.6 is 23.2 Å². The van der Waals surface area contributed by atoms with Gasteiger partial charge in [0.1, 0.15) is 6.07 Å². The van der Waals surface area contributed by atoms with Crippen LogP contribution in [0.25, 0.3) is 0 Å². The highest BCUT2D eigenvalue weighted by Crippen LogP contribution is 2.30. The second kappa shape index (κ2) is 3.97. The average Bonchev–Trinajstić information content (AvgIpc) is 2.17. The summed E-state index contributed by atoms with van der Waals surface area (Å²) in [5, 5.41) is 18.5. The smallest absolute Gasteiger partial charge is 0.207 e. The van der Waals surface area contributed by atoms with Gasteiger partial charge in [-0.15, -0.1) is 23.2 Å². The minimum absolute atomic E-state index is 0.396. The SMILES string of the molecule is N#C[C@](O)(c1ccccc1)C(Cl)Cl. The van der Waals surface area contributed by atoms with Crippen LogP contribution in [0.4, 0.5) is 0 Å². The number of rotatable bonds is 2. The number of aliphatic hydroxyl groups is 1. The average molecular weight is 216 g/mol. The Morgan fingerprint density at radius 3 is 2.23 bits per heavy atom. The fraction of sp³-hybridized carbons (Fsp3) is 0.222. The fourth-order valence-corrected chi connectivity index (χ4v) is 1.28. The predicted molar refractivity (Wildman–Crippen MR) is 51.4 cm³/mol. The number of nitriles is 1. The molecule has 1 N–H and O–H groups in total. The van der Waals surface area contributed by atoms with Crippen LogP contribution in [0.3, 0.4) is 0 Å². The van der Waals surface area contributed by atoms with Gasteiger partial charge >= 0.3 is 0 Å². The van der Waals surface area contributed by atoms with Gasteiger partial charge in [0.25, 0.3) is 0 Å². The lowest BCUT2D eigenvalue weighted by atomic mass is 9.98. The highest BCUT2D eigenvalue weighted by molar-refractivity contribution is 6.45. The summed E-state index contributed by atoms with van der Waals surface area (Å²) >= 11 is 11.0. The molecule has 0 heterocycles. The maximum atomic E-state index is 9.74. The molecule has 0 aliphatic carbocycles. The van der Waals surface area contributed by atoms with E-state index in [0.29, 0.717) is 5.56 Å². The van der Waals surface area contributed by atoms with E-state index in [4.69, 9.17) is 28.5 Å². The summed E-state index contributed by atoms with van der Waals surface area (Å²) in [4.78, 5) is -1.17. The first-order valence-electron chi connectivity index (χ1n) is 3.58. The van der Waals surface area contributed by atoms with Gasteiger partial charge in [0.05, 0.1) is 0 Å². The standard InChI is InChI=1S/C9H7Cl2NO/c10-8(11)9(13,6-12)7-4-2-1-3-5-7/h1-5,8,13H/t9-/m0/s1. The van der Waals surface area contributed by atoms with Gasteiger partial charge in [-0.05, 0) is 0 Å².